The molecule has 0 heterocycles. The molecule has 0 unspecified atom stereocenters. The lowest BCUT2D eigenvalue weighted by Gasteiger charge is -2.26. The van der Waals surface area contributed by atoms with E-state index in [9.17, 15) is 0 Å². The maximum absolute atomic E-state index is 2.48. The largest absolute Gasteiger partial charge is 0.371 e. The molecule has 0 saturated heterocycles. The van der Waals surface area contributed by atoms with Crippen molar-refractivity contribution in [1.82, 2.24) is 4.90 Å². The molecule has 1 aromatic carbocycles. The average Bonchev–Trinajstić information content (AvgIpc) is 2.48. The highest BCUT2D eigenvalue weighted by atomic mass is 15.2. The molecule has 22 heavy (non-hydrogen) atoms. The summed E-state index contributed by atoms with van der Waals surface area (Å²) in [4.78, 5) is 4.94. The van der Waals surface area contributed by atoms with Gasteiger partial charge in [-0.25, -0.2) is 0 Å². The normalized spacial score (nSPS) is 11.7. The lowest BCUT2D eigenvalue weighted by atomic mass is 10.0. The second-order valence-electron chi connectivity index (χ2n) is 7.17. The minimum atomic E-state index is 0.608. The molecule has 126 valence electrons. The van der Waals surface area contributed by atoms with E-state index in [1.54, 1.807) is 0 Å². The second-order valence-corrected chi connectivity index (χ2v) is 7.17. The van der Waals surface area contributed by atoms with Crippen LogP contribution in [0.15, 0.2) is 24.3 Å². The fraction of sp³-hybridized carbons (Fsp3) is 0.700. The van der Waals surface area contributed by atoms with Gasteiger partial charge in [-0.1, -0.05) is 39.8 Å². The van der Waals surface area contributed by atoms with Crippen molar-refractivity contribution in [3.63, 3.8) is 0 Å². The molecule has 1 rings (SSSR count). The molecule has 0 fully saturated rings. The lowest BCUT2D eigenvalue weighted by molar-refractivity contribution is 0.323. The van der Waals surface area contributed by atoms with E-state index in [0.29, 0.717) is 5.92 Å². The van der Waals surface area contributed by atoms with Crippen LogP contribution in [0.5, 0.6) is 0 Å². The summed E-state index contributed by atoms with van der Waals surface area (Å²) < 4.78 is 0. The van der Waals surface area contributed by atoms with Crippen LogP contribution >= 0.6 is 0 Å². The zero-order chi connectivity index (χ0) is 16.5. The van der Waals surface area contributed by atoms with E-state index in [4.69, 9.17) is 0 Å². The zero-order valence-corrected chi connectivity index (χ0v) is 15.6. The van der Waals surface area contributed by atoms with Gasteiger partial charge in [0.1, 0.15) is 0 Å². The summed E-state index contributed by atoms with van der Waals surface area (Å²) in [5.74, 6) is 1.43. The Morgan fingerprint density at radius 1 is 0.909 bits per heavy atom. The van der Waals surface area contributed by atoms with Crippen LogP contribution in [-0.4, -0.2) is 38.1 Å². The minimum Gasteiger partial charge on any atom is -0.371 e. The van der Waals surface area contributed by atoms with Crippen LogP contribution < -0.4 is 4.90 Å². The molecule has 2 heteroatoms. The van der Waals surface area contributed by atoms with Crippen LogP contribution in [0, 0.1) is 5.92 Å². The number of nitrogens with zero attached hydrogens (tertiary/aromatic N) is 2. The summed E-state index contributed by atoms with van der Waals surface area (Å²) >= 11 is 0. The van der Waals surface area contributed by atoms with Crippen molar-refractivity contribution in [2.24, 2.45) is 5.92 Å². The van der Waals surface area contributed by atoms with Crippen molar-refractivity contribution >= 4 is 5.69 Å². The number of rotatable bonds is 10. The van der Waals surface area contributed by atoms with Crippen LogP contribution in [0.3, 0.4) is 0 Å². The van der Waals surface area contributed by atoms with E-state index < -0.39 is 0 Å². The molecule has 0 aliphatic carbocycles. The van der Waals surface area contributed by atoms with Crippen LogP contribution in [0.2, 0.25) is 0 Å². The topological polar surface area (TPSA) is 6.48 Å². The van der Waals surface area contributed by atoms with E-state index in [-0.39, 0.29) is 0 Å². The fourth-order valence-corrected chi connectivity index (χ4v) is 2.71. The first-order valence-electron chi connectivity index (χ1n) is 8.97. The maximum Gasteiger partial charge on any atom is 0.0366 e. The van der Waals surface area contributed by atoms with Crippen molar-refractivity contribution in [3.05, 3.63) is 29.8 Å². The van der Waals surface area contributed by atoms with E-state index in [1.165, 1.54) is 30.6 Å². The molecule has 0 amide bonds. The minimum absolute atomic E-state index is 0.608. The Kier molecular flexibility index (Phi) is 8.55. The Bertz CT molecular complexity index is 395. The summed E-state index contributed by atoms with van der Waals surface area (Å²) in [6.07, 6.45) is 2.64. The van der Waals surface area contributed by atoms with Gasteiger partial charge in [-0.15, -0.1) is 0 Å². The second kappa shape index (κ2) is 9.89. The van der Waals surface area contributed by atoms with Crippen LogP contribution in [0.1, 0.15) is 58.9 Å². The highest BCUT2D eigenvalue weighted by Crippen LogP contribution is 2.20. The molecule has 0 saturated carbocycles. The quantitative estimate of drug-likeness (QED) is 0.600. The van der Waals surface area contributed by atoms with Gasteiger partial charge in [0.2, 0.25) is 0 Å². The van der Waals surface area contributed by atoms with Gasteiger partial charge >= 0.3 is 0 Å². The first kappa shape index (κ1) is 19.0. The number of benzene rings is 1. The predicted molar refractivity (Wildman–Crippen MR) is 100.0 cm³/mol. The van der Waals surface area contributed by atoms with Gasteiger partial charge in [0, 0.05) is 25.3 Å². The van der Waals surface area contributed by atoms with Gasteiger partial charge in [0.05, 0.1) is 0 Å². The molecule has 0 N–H and O–H groups in total. The first-order chi connectivity index (χ1) is 10.4. The first-order valence-corrected chi connectivity index (χ1v) is 8.97. The number of hydrogen-bond donors (Lipinski definition) is 0. The third kappa shape index (κ3) is 6.83. The van der Waals surface area contributed by atoms with Gasteiger partial charge in [-0.05, 0) is 62.9 Å². The molecule has 0 aromatic heterocycles. The van der Waals surface area contributed by atoms with Gasteiger partial charge in [0.15, 0.2) is 0 Å². The Morgan fingerprint density at radius 3 is 2.05 bits per heavy atom. The molecular formula is C20H36N2. The number of likely N-dealkylation sites (N-methyl/N-ethyl adjacent to an activating group) is 2. The summed E-state index contributed by atoms with van der Waals surface area (Å²) in [5, 5.41) is 0. The number of hydrogen-bond acceptors (Lipinski definition) is 2. The van der Waals surface area contributed by atoms with Crippen molar-refractivity contribution in [3.8, 4) is 0 Å². The Balaban J connectivity index is 2.44. The van der Waals surface area contributed by atoms with Gasteiger partial charge in [-0.2, -0.15) is 0 Å². The van der Waals surface area contributed by atoms with Gasteiger partial charge in [0.25, 0.3) is 0 Å². The average molecular weight is 305 g/mol. The molecule has 0 radical (unpaired) electrons. The highest BCUT2D eigenvalue weighted by molar-refractivity contribution is 5.48. The summed E-state index contributed by atoms with van der Waals surface area (Å²) in [7, 11) is 2.25. The van der Waals surface area contributed by atoms with Crippen molar-refractivity contribution in [2.75, 3.05) is 38.1 Å². The van der Waals surface area contributed by atoms with Crippen LogP contribution in [0.4, 0.5) is 5.69 Å². The van der Waals surface area contributed by atoms with Gasteiger partial charge in [-0.3, -0.25) is 0 Å². The Morgan fingerprint density at radius 2 is 1.55 bits per heavy atom. The molecule has 2 nitrogen and oxygen atoms in total. The predicted octanol–water partition coefficient (Wildman–Crippen LogP) is 5.00. The molecule has 0 spiro atoms. The zero-order valence-electron chi connectivity index (χ0n) is 15.6. The number of anilines is 1. The molecule has 0 aliphatic rings. The standard InChI is InChI=1S/C20H36N2/c1-7-22(16-15-21(6)14-8-9-17(2)3)20-12-10-19(11-13-20)18(4)5/h10-13,17-18H,7-9,14-16H2,1-6H3. The third-order valence-corrected chi connectivity index (χ3v) is 4.38. The molecule has 1 aromatic rings. The SMILES string of the molecule is CCN(CCN(C)CCCC(C)C)c1ccc(C(C)C)cc1. The summed E-state index contributed by atoms with van der Waals surface area (Å²) in [6.45, 7) is 15.9. The third-order valence-electron chi connectivity index (χ3n) is 4.38. The van der Waals surface area contributed by atoms with E-state index in [0.717, 1.165) is 25.6 Å². The molecule has 0 bridgehead atoms. The molecule has 0 aliphatic heterocycles. The Labute approximate surface area is 138 Å². The maximum atomic E-state index is 2.48. The highest BCUT2D eigenvalue weighted by Gasteiger charge is 2.07. The monoisotopic (exact) mass is 304 g/mol. The van der Waals surface area contributed by atoms with E-state index in [2.05, 4.69) is 75.7 Å². The van der Waals surface area contributed by atoms with Crippen LogP contribution in [-0.2, 0) is 0 Å². The van der Waals surface area contributed by atoms with E-state index >= 15 is 0 Å². The summed E-state index contributed by atoms with van der Waals surface area (Å²) in [5.41, 5.74) is 2.77. The van der Waals surface area contributed by atoms with Gasteiger partial charge < -0.3 is 9.80 Å². The smallest absolute Gasteiger partial charge is 0.0366 e. The van der Waals surface area contributed by atoms with E-state index in [1.807, 2.05) is 0 Å². The molecular weight excluding hydrogens is 268 g/mol. The van der Waals surface area contributed by atoms with Crippen molar-refractivity contribution in [1.29, 1.82) is 0 Å². The van der Waals surface area contributed by atoms with Crippen molar-refractivity contribution in [2.45, 2.75) is 53.4 Å². The molecule has 0 atom stereocenters. The fourth-order valence-electron chi connectivity index (χ4n) is 2.71. The summed E-state index contributed by atoms with van der Waals surface area (Å²) in [6, 6.07) is 9.10. The van der Waals surface area contributed by atoms with Crippen molar-refractivity contribution < 1.29 is 0 Å². The lowest BCUT2D eigenvalue weighted by Crippen LogP contribution is -2.33. The Hall–Kier alpha value is -1.02. The van der Waals surface area contributed by atoms with Crippen LogP contribution in [0.25, 0.3) is 0 Å².